The number of alkyl halides is 4. The smallest absolute Gasteiger partial charge is 0.381 e. The number of pyridine rings is 1. The summed E-state index contributed by atoms with van der Waals surface area (Å²) in [6, 6.07) is 4.73. The molecule has 2 aromatic rings. The van der Waals surface area contributed by atoms with E-state index in [0.717, 1.165) is 17.0 Å². The maximum absolute atomic E-state index is 15.2. The zero-order valence-corrected chi connectivity index (χ0v) is 20.5. The zero-order valence-electron chi connectivity index (χ0n) is 18.3. The van der Waals surface area contributed by atoms with Crippen molar-refractivity contribution in [3.05, 3.63) is 62.4 Å². The molecule has 6 nitrogen and oxygen atoms in total. The van der Waals surface area contributed by atoms with Crippen molar-refractivity contribution in [2.75, 3.05) is 13.1 Å². The molecule has 1 aromatic heterocycles. The molecule has 0 radical (unpaired) electrons. The van der Waals surface area contributed by atoms with Crippen LogP contribution in [0.5, 0.6) is 0 Å². The van der Waals surface area contributed by atoms with Crippen LogP contribution in [0.1, 0.15) is 37.1 Å². The normalized spacial score (nSPS) is 21.9. The van der Waals surface area contributed by atoms with Crippen LogP contribution in [0.2, 0.25) is 15.1 Å². The number of oxime groups is 1. The van der Waals surface area contributed by atoms with E-state index in [0.29, 0.717) is 0 Å². The second kappa shape index (κ2) is 8.47. The first-order valence-corrected chi connectivity index (χ1v) is 11.4. The van der Waals surface area contributed by atoms with E-state index in [1.807, 2.05) is 0 Å². The van der Waals surface area contributed by atoms with Crippen molar-refractivity contribution in [2.24, 2.45) is 5.16 Å². The molecule has 0 aliphatic carbocycles. The Hall–Kier alpha value is -2.14. The highest BCUT2D eigenvalue weighted by Crippen LogP contribution is 2.50. The van der Waals surface area contributed by atoms with Crippen molar-refractivity contribution in [1.29, 1.82) is 0 Å². The van der Waals surface area contributed by atoms with Gasteiger partial charge in [0.05, 0.1) is 46.0 Å². The first kappa shape index (κ1) is 25.9. The maximum Gasteiger partial charge on any atom is 0.435 e. The average molecular weight is 555 g/mol. The van der Waals surface area contributed by atoms with Gasteiger partial charge in [0, 0.05) is 17.3 Å². The number of likely N-dealkylation sites (tertiary alicyclic amines) is 1. The molecular formula is C22H18Cl3F4N3O3. The van der Waals surface area contributed by atoms with Crippen LogP contribution < -0.4 is 0 Å². The summed E-state index contributed by atoms with van der Waals surface area (Å²) in [6.45, 7) is 2.00. The predicted octanol–water partition coefficient (Wildman–Crippen LogP) is 5.40. The van der Waals surface area contributed by atoms with Gasteiger partial charge in [-0.15, -0.1) is 0 Å². The van der Waals surface area contributed by atoms with Gasteiger partial charge in [0.15, 0.2) is 5.67 Å². The number of carbonyl (C=O) groups excluding carboxylic acids is 1. The molecule has 4 rings (SSSR count). The van der Waals surface area contributed by atoms with Crippen LogP contribution in [0.15, 0.2) is 35.6 Å². The molecule has 1 fully saturated rings. The number of nitrogens with zero attached hydrogens (tertiary/aromatic N) is 3. The highest BCUT2D eigenvalue weighted by atomic mass is 35.5. The van der Waals surface area contributed by atoms with Gasteiger partial charge in [-0.25, -0.2) is 4.39 Å². The molecule has 2 aliphatic heterocycles. The molecule has 3 heterocycles. The third-order valence-electron chi connectivity index (χ3n) is 5.89. The zero-order chi connectivity index (χ0) is 26.0. The number of amides is 1. The topological polar surface area (TPSA) is 75.0 Å². The van der Waals surface area contributed by atoms with E-state index in [4.69, 9.17) is 39.6 Å². The van der Waals surface area contributed by atoms with Gasteiger partial charge < -0.3 is 14.8 Å². The third kappa shape index (κ3) is 4.45. The molecular weight excluding hydrogens is 537 g/mol. The van der Waals surface area contributed by atoms with E-state index in [9.17, 15) is 23.1 Å². The fraction of sp³-hybridized carbons (Fsp3) is 0.409. The van der Waals surface area contributed by atoms with Gasteiger partial charge in [-0.3, -0.25) is 9.78 Å². The van der Waals surface area contributed by atoms with Crippen LogP contribution in [-0.4, -0.2) is 51.5 Å². The van der Waals surface area contributed by atoms with Crippen LogP contribution in [-0.2, 0) is 20.9 Å². The fourth-order valence-corrected chi connectivity index (χ4v) is 4.52. The number of carbonyl (C=O) groups is 1. The lowest BCUT2D eigenvalue weighted by Gasteiger charge is -2.45. The maximum atomic E-state index is 15.2. The van der Waals surface area contributed by atoms with Gasteiger partial charge in [0.25, 0.3) is 11.5 Å². The van der Waals surface area contributed by atoms with Crippen LogP contribution in [0.3, 0.4) is 0 Å². The first-order chi connectivity index (χ1) is 16.1. The SMILES string of the molecule is CC(C)(O)C(=O)N1CC(F)(c2ccc(C3=NOC(c4cc(Cl)c(Cl)c(Cl)c4)(C(F)(F)F)C3)cn2)C1. The van der Waals surface area contributed by atoms with Crippen molar-refractivity contribution >= 4 is 46.4 Å². The first-order valence-electron chi connectivity index (χ1n) is 10.2. The van der Waals surface area contributed by atoms with Crippen molar-refractivity contribution in [3.8, 4) is 0 Å². The highest BCUT2D eigenvalue weighted by molar-refractivity contribution is 6.48. The van der Waals surface area contributed by atoms with Gasteiger partial charge in [-0.2, -0.15) is 13.2 Å². The quantitative estimate of drug-likeness (QED) is 0.406. The number of aliphatic hydroxyl groups is 1. The lowest BCUT2D eigenvalue weighted by molar-refractivity contribution is -0.275. The van der Waals surface area contributed by atoms with Crippen molar-refractivity contribution < 1.29 is 32.3 Å². The van der Waals surface area contributed by atoms with E-state index < -0.39 is 35.4 Å². The highest BCUT2D eigenvalue weighted by Gasteiger charge is 2.62. The Balaban J connectivity index is 1.55. The third-order valence-corrected chi connectivity index (χ3v) is 7.08. The molecule has 35 heavy (non-hydrogen) atoms. The molecule has 1 saturated heterocycles. The minimum absolute atomic E-state index is 0.00101. The molecule has 1 atom stereocenters. The number of aromatic nitrogens is 1. The Labute approximate surface area is 212 Å². The Morgan fingerprint density at radius 2 is 1.74 bits per heavy atom. The molecule has 13 heteroatoms. The number of hydrogen-bond donors (Lipinski definition) is 1. The molecule has 0 spiro atoms. The lowest BCUT2D eigenvalue weighted by atomic mass is 9.86. The van der Waals surface area contributed by atoms with E-state index in [2.05, 4.69) is 10.1 Å². The van der Waals surface area contributed by atoms with Gasteiger partial charge in [0.2, 0.25) is 0 Å². The standard InChI is InChI=1S/C22H18Cl3F4N3O3/c1-19(2,34)18(33)32-9-20(26,10-32)16-4-3-11(8-30-16)15-7-21(35-31-15,22(27,28)29)12-5-13(23)17(25)14(24)6-12/h3-6,8,34H,7,9-10H2,1-2H3. The lowest BCUT2D eigenvalue weighted by Crippen LogP contribution is -2.62. The van der Waals surface area contributed by atoms with Gasteiger partial charge in [0.1, 0.15) is 5.60 Å². The molecule has 188 valence electrons. The Morgan fingerprint density at radius 1 is 1.14 bits per heavy atom. The van der Waals surface area contributed by atoms with Crippen LogP contribution in [0.25, 0.3) is 0 Å². The molecule has 1 aromatic carbocycles. The fourth-order valence-electron chi connectivity index (χ4n) is 3.93. The minimum Gasteiger partial charge on any atom is -0.381 e. The number of rotatable bonds is 4. The molecule has 2 aliphatic rings. The molecule has 1 N–H and O–H groups in total. The number of halogens is 7. The summed E-state index contributed by atoms with van der Waals surface area (Å²) in [5.74, 6) is -0.620. The molecule has 1 unspecified atom stereocenters. The second-order valence-corrected chi connectivity index (χ2v) is 10.2. The van der Waals surface area contributed by atoms with Crippen molar-refractivity contribution in [3.63, 3.8) is 0 Å². The van der Waals surface area contributed by atoms with E-state index in [-0.39, 0.29) is 50.7 Å². The Kier molecular flexibility index (Phi) is 6.28. The van der Waals surface area contributed by atoms with Crippen molar-refractivity contribution in [1.82, 2.24) is 9.88 Å². The van der Waals surface area contributed by atoms with E-state index >= 15 is 4.39 Å². The van der Waals surface area contributed by atoms with Gasteiger partial charge in [-0.05, 0) is 38.1 Å². The average Bonchev–Trinajstić information content (AvgIpc) is 3.21. The second-order valence-electron chi connectivity index (χ2n) is 9.00. The molecule has 1 amide bonds. The van der Waals surface area contributed by atoms with E-state index in [1.54, 1.807) is 0 Å². The summed E-state index contributed by atoms with van der Waals surface area (Å²) >= 11 is 17.7. The Bertz CT molecular complexity index is 1190. The number of benzene rings is 1. The summed E-state index contributed by atoms with van der Waals surface area (Å²) in [6.07, 6.45) is -4.41. The van der Waals surface area contributed by atoms with Crippen molar-refractivity contribution in [2.45, 2.75) is 43.3 Å². The largest absolute Gasteiger partial charge is 0.435 e. The minimum atomic E-state index is -4.89. The summed E-state index contributed by atoms with van der Waals surface area (Å²) in [5.41, 5.74) is -6.68. The monoisotopic (exact) mass is 553 g/mol. The summed E-state index contributed by atoms with van der Waals surface area (Å²) in [7, 11) is 0. The molecule has 0 saturated carbocycles. The summed E-state index contributed by atoms with van der Waals surface area (Å²) < 4.78 is 57.7. The molecule has 0 bridgehead atoms. The summed E-state index contributed by atoms with van der Waals surface area (Å²) in [5, 5.41) is 13.0. The van der Waals surface area contributed by atoms with Gasteiger partial charge in [-0.1, -0.05) is 40.0 Å². The van der Waals surface area contributed by atoms with E-state index in [1.165, 1.54) is 32.2 Å². The van der Waals surface area contributed by atoms with Crippen LogP contribution in [0.4, 0.5) is 17.6 Å². The van der Waals surface area contributed by atoms with Crippen LogP contribution >= 0.6 is 34.8 Å². The summed E-state index contributed by atoms with van der Waals surface area (Å²) in [4.78, 5) is 22.2. The van der Waals surface area contributed by atoms with Crippen LogP contribution in [0, 0.1) is 0 Å². The Morgan fingerprint density at radius 3 is 2.23 bits per heavy atom. The number of hydrogen-bond acceptors (Lipinski definition) is 5. The van der Waals surface area contributed by atoms with Gasteiger partial charge >= 0.3 is 6.18 Å². The predicted molar refractivity (Wildman–Crippen MR) is 121 cm³/mol.